The van der Waals surface area contributed by atoms with Crippen LogP contribution >= 0.6 is 9.21 Å². The highest BCUT2D eigenvalue weighted by Gasteiger charge is 2.50. The highest BCUT2D eigenvalue weighted by atomic mass is 32.2. The van der Waals surface area contributed by atoms with Crippen LogP contribution in [0.25, 0.3) is 0 Å². The molecule has 0 aliphatic heterocycles. The third-order valence-corrected chi connectivity index (χ3v) is 12.6. The zero-order chi connectivity index (χ0) is 28.3. The molecule has 0 bridgehead atoms. The van der Waals surface area contributed by atoms with Gasteiger partial charge >= 0.3 is 0 Å². The lowest BCUT2D eigenvalue weighted by Gasteiger charge is -2.43. The Bertz CT molecular complexity index is 1380. The fourth-order valence-electron chi connectivity index (χ4n) is 6.33. The minimum absolute atomic E-state index is 0.175. The van der Waals surface area contributed by atoms with E-state index >= 15 is 0 Å². The quantitative estimate of drug-likeness (QED) is 0.230. The molecule has 0 N–H and O–H groups in total. The topological polar surface area (TPSA) is 0 Å². The molecule has 0 aromatic heterocycles. The first-order valence-corrected chi connectivity index (χ1v) is 16.6. The average Bonchev–Trinajstić information content (AvgIpc) is 3.77. The highest BCUT2D eigenvalue weighted by molar-refractivity contribution is 8.28. The van der Waals surface area contributed by atoms with Crippen LogP contribution in [-0.2, 0) is 12.8 Å². The summed E-state index contributed by atoms with van der Waals surface area (Å²) in [5.74, 6) is 8.59. The van der Waals surface area contributed by atoms with E-state index in [1.54, 1.807) is 5.57 Å². The van der Waals surface area contributed by atoms with E-state index in [-0.39, 0.29) is 16.6 Å². The molecule has 2 aromatic carbocycles. The molecule has 3 aliphatic rings. The van der Waals surface area contributed by atoms with Gasteiger partial charge in [-0.25, -0.2) is 4.39 Å². The molecule has 0 spiro atoms. The van der Waals surface area contributed by atoms with E-state index < -0.39 is 9.21 Å². The van der Waals surface area contributed by atoms with Gasteiger partial charge in [0.2, 0.25) is 0 Å². The number of hydrogen-bond donors (Lipinski definition) is 0. The Morgan fingerprint density at radius 3 is 2.31 bits per heavy atom. The van der Waals surface area contributed by atoms with Crippen LogP contribution in [0.15, 0.2) is 101 Å². The van der Waals surface area contributed by atoms with E-state index in [2.05, 4.69) is 94.6 Å². The predicted octanol–water partition coefficient (Wildman–Crippen LogP) is 10.4. The first-order valence-electron chi connectivity index (χ1n) is 14.6. The van der Waals surface area contributed by atoms with Crippen LogP contribution in [0.5, 0.6) is 0 Å². The lowest BCUT2D eigenvalue weighted by Crippen LogP contribution is -2.33. The van der Waals surface area contributed by atoms with Crippen molar-refractivity contribution >= 4 is 20.9 Å². The minimum atomic E-state index is -1.01. The van der Waals surface area contributed by atoms with Gasteiger partial charge in [0.1, 0.15) is 5.82 Å². The van der Waals surface area contributed by atoms with E-state index in [9.17, 15) is 4.39 Å². The Morgan fingerprint density at radius 2 is 1.69 bits per heavy atom. The Hall–Kier alpha value is -2.58. The predicted molar refractivity (Wildman–Crippen MR) is 174 cm³/mol. The largest absolute Gasteiger partial charge is 0.207 e. The second-order valence-corrected chi connectivity index (χ2v) is 15.0. The molecule has 208 valence electrons. The maximum Gasteiger partial charge on any atom is 0.123 e. The van der Waals surface area contributed by atoms with Crippen molar-refractivity contribution in [3.63, 3.8) is 0 Å². The van der Waals surface area contributed by atoms with Crippen LogP contribution < -0.4 is 0 Å². The molecule has 2 unspecified atom stereocenters. The molecule has 0 nitrogen and oxygen atoms in total. The zero-order valence-corrected chi connectivity index (χ0v) is 25.4. The Labute approximate surface area is 237 Å². The normalized spacial score (nSPS) is 24.7. The molecule has 2 heteroatoms. The molecule has 3 aliphatic carbocycles. The molecule has 0 heterocycles. The van der Waals surface area contributed by atoms with Crippen molar-refractivity contribution in [3.05, 3.63) is 113 Å². The number of benzene rings is 2. The number of hydrogen-bond acceptors (Lipinski definition) is 0. The van der Waals surface area contributed by atoms with Crippen LogP contribution in [0.4, 0.5) is 4.39 Å². The van der Waals surface area contributed by atoms with Gasteiger partial charge in [-0.2, -0.15) is 9.21 Å². The van der Waals surface area contributed by atoms with Gasteiger partial charge in [0, 0.05) is 5.41 Å². The van der Waals surface area contributed by atoms with Crippen LogP contribution in [0, 0.1) is 16.6 Å². The third-order valence-electron chi connectivity index (χ3n) is 9.56. The lowest BCUT2D eigenvalue weighted by atomic mass is 9.61. The Morgan fingerprint density at radius 1 is 1.00 bits per heavy atom. The van der Waals surface area contributed by atoms with Crippen molar-refractivity contribution in [1.29, 1.82) is 0 Å². The summed E-state index contributed by atoms with van der Waals surface area (Å²) in [6, 6.07) is 15.5. The summed E-state index contributed by atoms with van der Waals surface area (Å²) < 4.78 is 13.0. The van der Waals surface area contributed by atoms with Crippen LogP contribution in [0.2, 0.25) is 0 Å². The number of halogens is 1. The number of allylic oxidation sites excluding steroid dienone is 7. The van der Waals surface area contributed by atoms with Gasteiger partial charge in [0.05, 0.1) is 0 Å². The van der Waals surface area contributed by atoms with Gasteiger partial charge in [-0.3, -0.25) is 0 Å². The summed E-state index contributed by atoms with van der Waals surface area (Å²) in [5.41, 5.74) is 7.46. The molecule has 39 heavy (non-hydrogen) atoms. The van der Waals surface area contributed by atoms with Crippen molar-refractivity contribution in [2.75, 3.05) is 0 Å². The maximum atomic E-state index is 13.0. The fourth-order valence-corrected chi connectivity index (χ4v) is 8.81. The summed E-state index contributed by atoms with van der Waals surface area (Å²) in [4.78, 5) is 1.44. The lowest BCUT2D eigenvalue weighted by molar-refractivity contribution is 0.201. The molecule has 2 saturated carbocycles. The third kappa shape index (κ3) is 6.12. The average molecular weight is 543 g/mol. The second kappa shape index (κ2) is 11.9. The smallest absolute Gasteiger partial charge is 0.123 e. The molecule has 0 amide bonds. The molecule has 0 radical (unpaired) electrons. The number of rotatable bonds is 8. The second-order valence-electron chi connectivity index (χ2n) is 12.0. The molecule has 2 atom stereocenters. The van der Waals surface area contributed by atoms with Crippen molar-refractivity contribution in [3.8, 4) is 0 Å². The van der Waals surface area contributed by atoms with Crippen molar-refractivity contribution in [1.82, 2.24) is 0 Å². The summed E-state index contributed by atoms with van der Waals surface area (Å²) in [7, 11) is -1.01. The van der Waals surface area contributed by atoms with Crippen molar-refractivity contribution in [2.24, 2.45) is 10.8 Å². The van der Waals surface area contributed by atoms with Gasteiger partial charge in [0.15, 0.2) is 0 Å². The summed E-state index contributed by atoms with van der Waals surface area (Å²) in [6.45, 7) is 13.4. The van der Waals surface area contributed by atoms with Gasteiger partial charge < -0.3 is 0 Å². The molecule has 2 aromatic rings. The Balaban J connectivity index is 0.000000212. The molecule has 5 rings (SSSR count). The zero-order valence-electron chi connectivity index (χ0n) is 24.6. The first-order chi connectivity index (χ1) is 18.6. The highest BCUT2D eigenvalue weighted by Crippen LogP contribution is 2.61. The summed E-state index contributed by atoms with van der Waals surface area (Å²) in [6.07, 6.45) is 18.3. The van der Waals surface area contributed by atoms with E-state index in [0.717, 1.165) is 36.5 Å². The molecular formula is C37H47FS. The van der Waals surface area contributed by atoms with Gasteiger partial charge in [-0.05, 0) is 107 Å². The van der Waals surface area contributed by atoms with Gasteiger partial charge in [-0.15, -0.1) is 6.58 Å². The number of fused-ring (bicyclic) bond motifs is 1. The van der Waals surface area contributed by atoms with E-state index in [1.165, 1.54) is 59.4 Å². The summed E-state index contributed by atoms with van der Waals surface area (Å²) >= 11 is 0. The van der Waals surface area contributed by atoms with Crippen LogP contribution in [0.3, 0.4) is 0 Å². The molecule has 2 fully saturated rings. The minimum Gasteiger partial charge on any atom is -0.207 e. The SMILES string of the molecule is C=CC1(C)CCC2=CC(CC)=C(/C=C\Cc3ccc(F)cc3)CC21C.C=S(=C)(c1ccccc1CC)C1CC1. The van der Waals surface area contributed by atoms with Crippen LogP contribution in [0.1, 0.15) is 77.3 Å². The maximum absolute atomic E-state index is 13.0. The van der Waals surface area contributed by atoms with Crippen LogP contribution in [-0.4, -0.2) is 17.0 Å². The monoisotopic (exact) mass is 542 g/mol. The number of aryl methyl sites for hydroxylation is 1. The first kappa shape index (κ1) is 29.4. The standard InChI is InChI=1S/C24H29F.C13H18S/c1-5-19-16-21-14-15-23(3,6-2)24(21,4)17-20(19)9-7-8-18-10-12-22(25)13-11-18;1-4-11-7-5-6-8-13(11)14(2,3)12-9-10-12/h6-7,9-13,16H,2,5,8,14-15,17H2,1,3-4H3;5-8,12H,2-4,9-10H2,1H3/b9-7-;. The van der Waals surface area contributed by atoms with E-state index in [4.69, 9.17) is 0 Å². The van der Waals surface area contributed by atoms with Crippen molar-refractivity contribution < 1.29 is 4.39 Å². The van der Waals surface area contributed by atoms with Gasteiger partial charge in [0.25, 0.3) is 0 Å². The van der Waals surface area contributed by atoms with E-state index in [1.807, 2.05) is 12.1 Å². The van der Waals surface area contributed by atoms with Crippen molar-refractivity contribution in [2.45, 2.75) is 89.2 Å². The summed E-state index contributed by atoms with van der Waals surface area (Å²) in [5, 5.41) is 0.787. The van der Waals surface area contributed by atoms with Gasteiger partial charge in [-0.1, -0.05) is 99.6 Å². The Kier molecular flexibility index (Phi) is 8.96. The molecular weight excluding hydrogens is 495 g/mol. The van der Waals surface area contributed by atoms with E-state index in [0.29, 0.717) is 0 Å². The fraction of sp³-hybridized carbons (Fsp3) is 0.405. The molecule has 0 saturated heterocycles.